The van der Waals surface area contributed by atoms with Crippen LogP contribution in [0, 0.1) is 5.82 Å². The number of furan rings is 1. The van der Waals surface area contributed by atoms with Crippen molar-refractivity contribution in [1.82, 2.24) is 0 Å². The number of anilines is 2. The molecule has 3 aromatic rings. The second-order valence-electron chi connectivity index (χ2n) is 7.13. The summed E-state index contributed by atoms with van der Waals surface area (Å²) in [6.45, 7) is 1.24. The number of esters is 1. The van der Waals surface area contributed by atoms with Crippen LogP contribution in [-0.4, -0.2) is 30.4 Å². The Morgan fingerprint density at radius 2 is 1.87 bits per heavy atom. The average molecular weight is 422 g/mol. The van der Waals surface area contributed by atoms with Crippen LogP contribution >= 0.6 is 0 Å². The number of hydrogen-bond acceptors (Lipinski definition) is 5. The summed E-state index contributed by atoms with van der Waals surface area (Å²) in [5, 5.41) is 2.77. The lowest BCUT2D eigenvalue weighted by atomic mass is 10.1. The van der Waals surface area contributed by atoms with Gasteiger partial charge in [-0.05, 0) is 55.5 Å². The van der Waals surface area contributed by atoms with Gasteiger partial charge in [-0.15, -0.1) is 0 Å². The zero-order valence-corrected chi connectivity index (χ0v) is 16.6. The Balaban J connectivity index is 1.45. The van der Waals surface area contributed by atoms with Crippen LogP contribution in [-0.2, 0) is 14.3 Å². The fraction of sp³-hybridized carbons (Fsp3) is 0.174. The van der Waals surface area contributed by atoms with E-state index in [2.05, 4.69) is 5.32 Å². The molecule has 1 atom stereocenters. The first-order valence-corrected chi connectivity index (χ1v) is 9.66. The Morgan fingerprint density at radius 3 is 2.65 bits per heavy atom. The fourth-order valence-corrected chi connectivity index (χ4v) is 3.45. The van der Waals surface area contributed by atoms with Crippen LogP contribution in [0.1, 0.15) is 23.9 Å². The maximum Gasteiger partial charge on any atom is 0.374 e. The number of nitrogens with zero attached hydrogens (tertiary/aromatic N) is 1. The molecule has 0 aliphatic carbocycles. The number of nitrogens with one attached hydrogen (secondary N) is 1. The summed E-state index contributed by atoms with van der Waals surface area (Å²) in [6.07, 6.45) is 0.119. The van der Waals surface area contributed by atoms with Gasteiger partial charge in [0.25, 0.3) is 5.91 Å². The van der Waals surface area contributed by atoms with Gasteiger partial charge in [-0.3, -0.25) is 9.59 Å². The van der Waals surface area contributed by atoms with Gasteiger partial charge < -0.3 is 19.4 Å². The van der Waals surface area contributed by atoms with E-state index in [0.29, 0.717) is 22.7 Å². The molecule has 0 radical (unpaired) electrons. The van der Waals surface area contributed by atoms with Gasteiger partial charge in [-0.2, -0.15) is 0 Å². The van der Waals surface area contributed by atoms with E-state index in [1.54, 1.807) is 37.3 Å². The number of rotatable bonds is 4. The summed E-state index contributed by atoms with van der Waals surface area (Å²) in [7, 11) is 0. The SMILES string of the molecule is C[C@H]1CC(=O)Nc2ccccc2N1C(=O)COC(=O)c1ccc(-c2ccc(F)cc2)o1. The zero-order valence-electron chi connectivity index (χ0n) is 16.6. The number of fused-ring (bicyclic) bond motifs is 1. The summed E-state index contributed by atoms with van der Waals surface area (Å²) < 4.78 is 23.7. The van der Waals surface area contributed by atoms with E-state index < -0.39 is 24.5 Å². The van der Waals surface area contributed by atoms with Crippen molar-refractivity contribution in [1.29, 1.82) is 0 Å². The molecule has 1 aliphatic heterocycles. The number of ether oxygens (including phenoxy) is 1. The van der Waals surface area contributed by atoms with Gasteiger partial charge in [-0.25, -0.2) is 9.18 Å². The van der Waals surface area contributed by atoms with E-state index in [4.69, 9.17) is 9.15 Å². The molecule has 158 valence electrons. The molecular weight excluding hydrogens is 403 g/mol. The molecule has 0 saturated carbocycles. The molecular formula is C23H19FN2O5. The van der Waals surface area contributed by atoms with Crippen molar-refractivity contribution in [2.75, 3.05) is 16.8 Å². The lowest BCUT2D eigenvalue weighted by molar-refractivity contribution is -0.122. The van der Waals surface area contributed by atoms with Gasteiger partial charge in [-0.1, -0.05) is 12.1 Å². The molecule has 8 heteroatoms. The number of carbonyl (C=O) groups excluding carboxylic acids is 3. The molecule has 2 aromatic carbocycles. The number of benzene rings is 2. The highest BCUT2D eigenvalue weighted by Gasteiger charge is 2.30. The van der Waals surface area contributed by atoms with Gasteiger partial charge in [0.2, 0.25) is 11.7 Å². The third kappa shape index (κ3) is 4.32. The van der Waals surface area contributed by atoms with Gasteiger partial charge >= 0.3 is 5.97 Å². The zero-order chi connectivity index (χ0) is 22.0. The lowest BCUT2D eigenvalue weighted by Crippen LogP contribution is -2.41. The van der Waals surface area contributed by atoms with Gasteiger partial charge in [0.15, 0.2) is 6.61 Å². The minimum Gasteiger partial charge on any atom is -0.450 e. The second-order valence-corrected chi connectivity index (χ2v) is 7.13. The molecule has 1 aromatic heterocycles. The van der Waals surface area contributed by atoms with Crippen LogP contribution in [0.4, 0.5) is 15.8 Å². The molecule has 7 nitrogen and oxygen atoms in total. The van der Waals surface area contributed by atoms with Crippen molar-refractivity contribution in [3.8, 4) is 11.3 Å². The van der Waals surface area contributed by atoms with Crippen LogP contribution in [0.15, 0.2) is 65.1 Å². The Bertz CT molecular complexity index is 1140. The Labute approximate surface area is 177 Å². The van der Waals surface area contributed by atoms with Crippen LogP contribution < -0.4 is 10.2 Å². The van der Waals surface area contributed by atoms with Crippen LogP contribution in [0.5, 0.6) is 0 Å². The van der Waals surface area contributed by atoms with Crippen molar-refractivity contribution < 1.29 is 27.9 Å². The minimum atomic E-state index is -0.799. The van der Waals surface area contributed by atoms with Crippen molar-refractivity contribution in [2.24, 2.45) is 0 Å². The molecule has 2 amide bonds. The molecule has 1 aliphatic rings. The number of amides is 2. The highest BCUT2D eigenvalue weighted by Crippen LogP contribution is 2.31. The number of halogens is 1. The first kappa shape index (κ1) is 20.3. The van der Waals surface area contributed by atoms with Crippen LogP contribution in [0.3, 0.4) is 0 Å². The highest BCUT2D eigenvalue weighted by atomic mass is 19.1. The van der Waals surface area contributed by atoms with Crippen molar-refractivity contribution in [3.63, 3.8) is 0 Å². The number of para-hydroxylation sites is 2. The van der Waals surface area contributed by atoms with E-state index in [-0.39, 0.29) is 23.9 Å². The van der Waals surface area contributed by atoms with Gasteiger partial charge in [0.1, 0.15) is 11.6 Å². The molecule has 1 N–H and O–H groups in total. The van der Waals surface area contributed by atoms with E-state index in [9.17, 15) is 18.8 Å². The highest BCUT2D eigenvalue weighted by molar-refractivity contribution is 6.05. The average Bonchev–Trinajstić information content (AvgIpc) is 3.19. The van der Waals surface area contributed by atoms with E-state index >= 15 is 0 Å². The first-order valence-electron chi connectivity index (χ1n) is 9.66. The number of carbonyl (C=O) groups is 3. The summed E-state index contributed by atoms with van der Waals surface area (Å²) in [5.41, 5.74) is 1.66. The molecule has 4 rings (SSSR count). The largest absolute Gasteiger partial charge is 0.450 e. The molecule has 0 saturated heterocycles. The molecule has 0 bridgehead atoms. The van der Waals surface area contributed by atoms with Crippen LogP contribution in [0.25, 0.3) is 11.3 Å². The third-order valence-corrected chi connectivity index (χ3v) is 4.89. The van der Waals surface area contributed by atoms with Gasteiger partial charge in [0.05, 0.1) is 11.4 Å². The monoisotopic (exact) mass is 422 g/mol. The van der Waals surface area contributed by atoms with Crippen molar-refractivity contribution in [2.45, 2.75) is 19.4 Å². The van der Waals surface area contributed by atoms with Crippen LogP contribution in [0.2, 0.25) is 0 Å². The second kappa shape index (κ2) is 8.43. The predicted molar refractivity (Wildman–Crippen MR) is 111 cm³/mol. The number of hydrogen-bond donors (Lipinski definition) is 1. The standard InChI is InChI=1S/C23H19FN2O5/c1-14-12-21(27)25-17-4-2-3-5-18(17)26(14)22(28)13-30-23(29)20-11-10-19(31-20)15-6-8-16(24)9-7-15/h2-11,14H,12-13H2,1H3,(H,25,27)/t14-/m0/s1. The topological polar surface area (TPSA) is 88.9 Å². The quantitative estimate of drug-likeness (QED) is 0.642. The molecule has 0 spiro atoms. The molecule has 0 unspecified atom stereocenters. The normalized spacial score (nSPS) is 15.6. The van der Waals surface area contributed by atoms with E-state index in [0.717, 1.165) is 0 Å². The fourth-order valence-electron chi connectivity index (χ4n) is 3.45. The first-order chi connectivity index (χ1) is 14.9. The summed E-state index contributed by atoms with van der Waals surface area (Å²) in [4.78, 5) is 38.7. The Hall–Kier alpha value is -3.94. The molecule has 2 heterocycles. The summed E-state index contributed by atoms with van der Waals surface area (Å²) in [5.74, 6) is -1.54. The lowest BCUT2D eigenvalue weighted by Gasteiger charge is -2.27. The van der Waals surface area contributed by atoms with Crippen molar-refractivity contribution in [3.05, 3.63) is 72.2 Å². The minimum absolute atomic E-state index is 0.0757. The predicted octanol–water partition coefficient (Wildman–Crippen LogP) is 4.01. The molecule has 31 heavy (non-hydrogen) atoms. The maximum absolute atomic E-state index is 13.1. The van der Waals surface area contributed by atoms with Crippen molar-refractivity contribution >= 4 is 29.2 Å². The third-order valence-electron chi connectivity index (χ3n) is 4.89. The van der Waals surface area contributed by atoms with E-state index in [1.165, 1.54) is 35.2 Å². The smallest absolute Gasteiger partial charge is 0.374 e. The Morgan fingerprint density at radius 1 is 1.13 bits per heavy atom. The summed E-state index contributed by atoms with van der Waals surface area (Å²) in [6, 6.07) is 15.2. The molecule has 0 fully saturated rings. The Kier molecular flexibility index (Phi) is 5.53. The van der Waals surface area contributed by atoms with Gasteiger partial charge in [0, 0.05) is 18.0 Å². The van der Waals surface area contributed by atoms with E-state index in [1.807, 2.05) is 0 Å². The maximum atomic E-state index is 13.1. The summed E-state index contributed by atoms with van der Waals surface area (Å²) >= 11 is 0.